The quantitative estimate of drug-likeness (QED) is 0.771. The molecule has 1 aromatic carbocycles. The lowest BCUT2D eigenvalue weighted by atomic mass is 10.1. The number of ether oxygens (including phenoxy) is 2. The lowest BCUT2D eigenvalue weighted by molar-refractivity contribution is -0.121. The van der Waals surface area contributed by atoms with E-state index in [-0.39, 0.29) is 28.9 Å². The molecule has 152 valence electrons. The number of aryl methyl sites for hydroxylation is 2. The first kappa shape index (κ1) is 20.2. The minimum absolute atomic E-state index is 0.0114. The number of carbonyl (C=O) groups excluding carboxylic acids is 1. The standard InChI is InChI=1S/C18H23N3O6S/c1-11(14-5-6-15-16(9-14)26-8-7-25-15)19-17(22)10-21(4)28(23,24)18-12(2)20-27-13(18)3/h5-6,9,11H,7-8,10H2,1-4H3,(H,19,22). The van der Waals surface area contributed by atoms with Gasteiger partial charge in [-0.15, -0.1) is 0 Å². The van der Waals surface area contributed by atoms with Gasteiger partial charge in [0.15, 0.2) is 17.3 Å². The lowest BCUT2D eigenvalue weighted by Gasteiger charge is -2.22. The predicted molar refractivity (Wildman–Crippen MR) is 99.8 cm³/mol. The first-order chi connectivity index (χ1) is 13.2. The summed E-state index contributed by atoms with van der Waals surface area (Å²) in [5.41, 5.74) is 1.09. The second kappa shape index (κ2) is 7.80. The van der Waals surface area contributed by atoms with Crippen molar-refractivity contribution in [2.24, 2.45) is 0 Å². The monoisotopic (exact) mass is 409 g/mol. The van der Waals surface area contributed by atoms with Crippen molar-refractivity contribution in [3.05, 3.63) is 35.2 Å². The normalized spacial score (nSPS) is 14.8. The Balaban J connectivity index is 1.66. The number of sulfonamides is 1. The number of rotatable bonds is 6. The van der Waals surface area contributed by atoms with Gasteiger partial charge >= 0.3 is 0 Å². The molecule has 0 saturated carbocycles. The Morgan fingerprint density at radius 3 is 2.57 bits per heavy atom. The zero-order valence-corrected chi connectivity index (χ0v) is 17.0. The van der Waals surface area contributed by atoms with Gasteiger partial charge in [-0.1, -0.05) is 11.2 Å². The molecular formula is C18H23N3O6S. The average Bonchev–Trinajstić information content (AvgIpc) is 3.00. The van der Waals surface area contributed by atoms with Gasteiger partial charge in [0.25, 0.3) is 0 Å². The number of carbonyl (C=O) groups is 1. The molecule has 0 bridgehead atoms. The van der Waals surface area contributed by atoms with Gasteiger partial charge in [0.2, 0.25) is 15.9 Å². The highest BCUT2D eigenvalue weighted by Crippen LogP contribution is 2.32. The number of nitrogens with zero attached hydrogens (tertiary/aromatic N) is 2. The van der Waals surface area contributed by atoms with Crippen LogP contribution in [0.4, 0.5) is 0 Å². The highest BCUT2D eigenvalue weighted by Gasteiger charge is 2.30. The highest BCUT2D eigenvalue weighted by atomic mass is 32.2. The van der Waals surface area contributed by atoms with E-state index in [1.54, 1.807) is 13.0 Å². The Bertz CT molecular complexity index is 966. The summed E-state index contributed by atoms with van der Waals surface area (Å²) in [6, 6.07) is 5.10. The summed E-state index contributed by atoms with van der Waals surface area (Å²) in [5, 5.41) is 6.46. The van der Waals surface area contributed by atoms with Crippen molar-refractivity contribution in [2.45, 2.75) is 31.7 Å². The van der Waals surface area contributed by atoms with Crippen molar-refractivity contribution in [3.8, 4) is 11.5 Å². The number of benzene rings is 1. The third-order valence-electron chi connectivity index (χ3n) is 4.45. The molecule has 10 heteroatoms. The number of fused-ring (bicyclic) bond motifs is 1. The third-order valence-corrected chi connectivity index (χ3v) is 6.49. The molecule has 3 rings (SSSR count). The van der Waals surface area contributed by atoms with E-state index in [0.717, 1.165) is 9.87 Å². The van der Waals surface area contributed by atoms with E-state index in [1.165, 1.54) is 14.0 Å². The van der Waals surface area contributed by atoms with Gasteiger partial charge in [-0.25, -0.2) is 8.42 Å². The smallest absolute Gasteiger partial charge is 0.248 e. The fourth-order valence-electron chi connectivity index (χ4n) is 2.99. The summed E-state index contributed by atoms with van der Waals surface area (Å²) in [6.45, 7) is 5.52. The number of likely N-dealkylation sites (N-methyl/N-ethyl adjacent to an activating group) is 1. The summed E-state index contributed by atoms with van der Waals surface area (Å²) in [7, 11) is -2.54. The summed E-state index contributed by atoms with van der Waals surface area (Å²) in [6.07, 6.45) is 0. The molecule has 1 atom stereocenters. The largest absolute Gasteiger partial charge is 0.486 e. The van der Waals surface area contributed by atoms with E-state index in [0.29, 0.717) is 24.7 Å². The molecule has 9 nitrogen and oxygen atoms in total. The zero-order valence-electron chi connectivity index (χ0n) is 16.2. The molecule has 1 aliphatic rings. The van der Waals surface area contributed by atoms with Crippen LogP contribution in [0.2, 0.25) is 0 Å². The van der Waals surface area contributed by atoms with E-state index >= 15 is 0 Å². The minimum atomic E-state index is -3.88. The molecule has 1 aliphatic heterocycles. The number of aromatic nitrogens is 1. The topological polar surface area (TPSA) is 111 Å². The van der Waals surface area contributed by atoms with Crippen molar-refractivity contribution >= 4 is 15.9 Å². The molecular weight excluding hydrogens is 386 g/mol. The molecule has 1 N–H and O–H groups in total. The lowest BCUT2D eigenvalue weighted by Crippen LogP contribution is -2.39. The Kier molecular flexibility index (Phi) is 5.61. The van der Waals surface area contributed by atoms with Crippen molar-refractivity contribution in [3.63, 3.8) is 0 Å². The average molecular weight is 409 g/mol. The number of amides is 1. The van der Waals surface area contributed by atoms with Crippen LogP contribution in [0.3, 0.4) is 0 Å². The second-order valence-electron chi connectivity index (χ2n) is 6.61. The highest BCUT2D eigenvalue weighted by molar-refractivity contribution is 7.89. The molecule has 1 aromatic heterocycles. The van der Waals surface area contributed by atoms with Crippen LogP contribution in [0, 0.1) is 13.8 Å². The van der Waals surface area contributed by atoms with Crippen molar-refractivity contribution in [1.29, 1.82) is 0 Å². The van der Waals surface area contributed by atoms with Crippen LogP contribution in [0.5, 0.6) is 11.5 Å². The SMILES string of the molecule is Cc1noc(C)c1S(=O)(=O)N(C)CC(=O)NC(C)c1ccc2c(c1)OCCO2. The van der Waals surface area contributed by atoms with Crippen LogP contribution in [-0.2, 0) is 14.8 Å². The second-order valence-corrected chi connectivity index (χ2v) is 8.59. The van der Waals surface area contributed by atoms with E-state index in [9.17, 15) is 13.2 Å². The molecule has 1 unspecified atom stereocenters. The van der Waals surface area contributed by atoms with Gasteiger partial charge in [-0.3, -0.25) is 4.79 Å². The fraction of sp³-hybridized carbons (Fsp3) is 0.444. The molecule has 0 fully saturated rings. The number of hydrogen-bond donors (Lipinski definition) is 1. The van der Waals surface area contributed by atoms with Crippen LogP contribution in [0.15, 0.2) is 27.6 Å². The van der Waals surface area contributed by atoms with Gasteiger partial charge < -0.3 is 19.3 Å². The van der Waals surface area contributed by atoms with Gasteiger partial charge in [0, 0.05) is 7.05 Å². The molecule has 0 spiro atoms. The van der Waals surface area contributed by atoms with Gasteiger partial charge in [0.1, 0.15) is 23.8 Å². The Labute approximate surface area is 163 Å². The predicted octanol–water partition coefficient (Wildman–Crippen LogP) is 1.56. The van der Waals surface area contributed by atoms with Crippen LogP contribution in [0.25, 0.3) is 0 Å². The van der Waals surface area contributed by atoms with Crippen molar-refractivity contribution < 1.29 is 27.2 Å². The first-order valence-electron chi connectivity index (χ1n) is 8.78. The van der Waals surface area contributed by atoms with Gasteiger partial charge in [-0.05, 0) is 38.5 Å². The van der Waals surface area contributed by atoms with Crippen LogP contribution in [0.1, 0.15) is 30.0 Å². The van der Waals surface area contributed by atoms with Crippen LogP contribution >= 0.6 is 0 Å². The maximum absolute atomic E-state index is 12.7. The van der Waals surface area contributed by atoms with E-state index in [1.807, 2.05) is 19.1 Å². The van der Waals surface area contributed by atoms with Crippen molar-refractivity contribution in [2.75, 3.05) is 26.8 Å². The minimum Gasteiger partial charge on any atom is -0.486 e. The fourth-order valence-corrected chi connectivity index (χ4v) is 4.40. The van der Waals surface area contributed by atoms with Crippen molar-refractivity contribution in [1.82, 2.24) is 14.8 Å². The summed E-state index contributed by atoms with van der Waals surface area (Å²) < 4.78 is 42.3. The summed E-state index contributed by atoms with van der Waals surface area (Å²) >= 11 is 0. The summed E-state index contributed by atoms with van der Waals surface area (Å²) in [5.74, 6) is 1.05. The Hall–Kier alpha value is -2.59. The first-order valence-corrected chi connectivity index (χ1v) is 10.2. The van der Waals surface area contributed by atoms with Crippen LogP contribution < -0.4 is 14.8 Å². The molecule has 0 saturated heterocycles. The van der Waals surface area contributed by atoms with E-state index < -0.39 is 15.9 Å². The molecule has 28 heavy (non-hydrogen) atoms. The molecule has 0 radical (unpaired) electrons. The summed E-state index contributed by atoms with van der Waals surface area (Å²) in [4.78, 5) is 12.4. The van der Waals surface area contributed by atoms with Gasteiger partial charge in [0.05, 0.1) is 12.6 Å². The third kappa shape index (κ3) is 3.97. The zero-order chi connectivity index (χ0) is 20.5. The molecule has 2 heterocycles. The maximum atomic E-state index is 12.7. The number of nitrogens with one attached hydrogen (secondary N) is 1. The molecule has 2 aromatic rings. The van der Waals surface area contributed by atoms with E-state index in [2.05, 4.69) is 10.5 Å². The van der Waals surface area contributed by atoms with E-state index in [4.69, 9.17) is 14.0 Å². The molecule has 1 amide bonds. The Morgan fingerprint density at radius 2 is 1.93 bits per heavy atom. The van der Waals surface area contributed by atoms with Gasteiger partial charge in [-0.2, -0.15) is 4.31 Å². The van der Waals surface area contributed by atoms with Crippen LogP contribution in [-0.4, -0.2) is 50.6 Å². The Morgan fingerprint density at radius 1 is 1.25 bits per heavy atom. The maximum Gasteiger partial charge on any atom is 0.248 e. The number of hydrogen-bond acceptors (Lipinski definition) is 7. The molecule has 0 aliphatic carbocycles.